The van der Waals surface area contributed by atoms with Crippen LogP contribution in [0.25, 0.3) is 0 Å². The summed E-state index contributed by atoms with van der Waals surface area (Å²) in [6.07, 6.45) is 0.709. The van der Waals surface area contributed by atoms with Crippen LogP contribution in [0.3, 0.4) is 0 Å². The van der Waals surface area contributed by atoms with Crippen molar-refractivity contribution in [1.29, 1.82) is 0 Å². The van der Waals surface area contributed by atoms with Crippen LogP contribution in [-0.2, 0) is 14.8 Å². The summed E-state index contributed by atoms with van der Waals surface area (Å²) in [6.45, 7) is 8.83. The number of nitrogens with zero attached hydrogens (tertiary/aromatic N) is 1. The monoisotopic (exact) mass is 382 g/mol. The number of likely N-dealkylation sites (tertiary alicyclic amines) is 1. The minimum atomic E-state index is -3.34. The molecule has 7 heteroatoms. The molecule has 0 radical (unpaired) electrons. The van der Waals surface area contributed by atoms with Crippen molar-refractivity contribution < 1.29 is 17.9 Å². The van der Waals surface area contributed by atoms with Gasteiger partial charge in [0.1, 0.15) is 5.75 Å². The molecule has 1 aliphatic rings. The highest BCUT2D eigenvalue weighted by molar-refractivity contribution is 7.89. The van der Waals surface area contributed by atoms with E-state index in [-0.39, 0.29) is 23.6 Å². The maximum Gasteiger partial charge on any atom is 0.219 e. The van der Waals surface area contributed by atoms with E-state index in [0.717, 1.165) is 5.75 Å². The molecule has 26 heavy (non-hydrogen) atoms. The van der Waals surface area contributed by atoms with Crippen LogP contribution in [0, 0.1) is 5.92 Å². The van der Waals surface area contributed by atoms with Crippen LogP contribution in [0.2, 0.25) is 0 Å². The van der Waals surface area contributed by atoms with Gasteiger partial charge in [-0.1, -0.05) is 26.0 Å². The summed E-state index contributed by atoms with van der Waals surface area (Å²) >= 11 is 0. The Morgan fingerprint density at radius 1 is 1.31 bits per heavy atom. The first-order valence-electron chi connectivity index (χ1n) is 9.20. The standard InChI is InChI=1S/C19H30N2O4S/c1-5-26(23,24)20-19-12-21(15(4)22)11-10-17(19)13-25-18-8-6-16(7-9-18)14(2)3/h6-9,14,17,19-20H,5,10-13H2,1-4H3. The van der Waals surface area contributed by atoms with E-state index in [1.54, 1.807) is 11.8 Å². The van der Waals surface area contributed by atoms with Gasteiger partial charge in [-0.2, -0.15) is 0 Å². The van der Waals surface area contributed by atoms with Crippen LogP contribution in [0.5, 0.6) is 5.75 Å². The predicted octanol–water partition coefficient (Wildman–Crippen LogP) is 2.37. The molecule has 1 saturated heterocycles. The molecular weight excluding hydrogens is 352 g/mol. The van der Waals surface area contributed by atoms with E-state index >= 15 is 0 Å². The summed E-state index contributed by atoms with van der Waals surface area (Å²) in [7, 11) is -3.34. The summed E-state index contributed by atoms with van der Waals surface area (Å²) in [6, 6.07) is 7.68. The third kappa shape index (κ3) is 5.71. The molecule has 146 valence electrons. The van der Waals surface area contributed by atoms with Gasteiger partial charge in [0.15, 0.2) is 0 Å². The smallest absolute Gasteiger partial charge is 0.219 e. The molecule has 0 spiro atoms. The van der Waals surface area contributed by atoms with Gasteiger partial charge in [-0.15, -0.1) is 0 Å². The SMILES string of the molecule is CCS(=O)(=O)NC1CN(C(C)=O)CCC1COc1ccc(C(C)C)cc1. The number of carbonyl (C=O) groups excluding carboxylic acids is 1. The zero-order valence-electron chi connectivity index (χ0n) is 16.1. The molecule has 1 heterocycles. The first-order valence-corrected chi connectivity index (χ1v) is 10.8. The number of piperidine rings is 1. The molecule has 6 nitrogen and oxygen atoms in total. The largest absolute Gasteiger partial charge is 0.493 e. The van der Waals surface area contributed by atoms with Crippen LogP contribution in [0.4, 0.5) is 0 Å². The summed E-state index contributed by atoms with van der Waals surface area (Å²) in [5.41, 5.74) is 1.25. The average Bonchev–Trinajstić information content (AvgIpc) is 2.60. The molecule has 0 aromatic heterocycles. The van der Waals surface area contributed by atoms with Crippen molar-refractivity contribution in [1.82, 2.24) is 9.62 Å². The summed E-state index contributed by atoms with van der Waals surface area (Å²) in [4.78, 5) is 13.4. The molecule has 2 unspecified atom stereocenters. The summed E-state index contributed by atoms with van der Waals surface area (Å²) in [5.74, 6) is 1.26. The van der Waals surface area contributed by atoms with Gasteiger partial charge in [0, 0.05) is 32.0 Å². The highest BCUT2D eigenvalue weighted by Crippen LogP contribution is 2.23. The Morgan fingerprint density at radius 3 is 2.50 bits per heavy atom. The Bertz CT molecular complexity index is 701. The van der Waals surface area contributed by atoms with Crippen molar-refractivity contribution in [3.63, 3.8) is 0 Å². The maximum atomic E-state index is 12.0. The van der Waals surface area contributed by atoms with Crippen molar-refractivity contribution in [2.45, 2.75) is 46.1 Å². The number of carbonyl (C=O) groups is 1. The molecule has 1 fully saturated rings. The fourth-order valence-electron chi connectivity index (χ4n) is 3.09. The number of rotatable bonds is 7. The molecule has 2 rings (SSSR count). The molecular formula is C19H30N2O4S. The van der Waals surface area contributed by atoms with Crippen molar-refractivity contribution in [2.75, 3.05) is 25.4 Å². The lowest BCUT2D eigenvalue weighted by Gasteiger charge is -2.38. The van der Waals surface area contributed by atoms with E-state index in [4.69, 9.17) is 4.74 Å². The number of ether oxygens (including phenoxy) is 1. The quantitative estimate of drug-likeness (QED) is 0.785. The third-order valence-corrected chi connectivity index (χ3v) is 6.35. The highest BCUT2D eigenvalue weighted by atomic mass is 32.2. The van der Waals surface area contributed by atoms with Gasteiger partial charge in [0.2, 0.25) is 15.9 Å². The summed E-state index contributed by atoms with van der Waals surface area (Å²) < 4.78 is 32.7. The Kier molecular flexibility index (Phi) is 7.06. The molecule has 0 aliphatic carbocycles. The zero-order chi connectivity index (χ0) is 19.3. The first-order chi connectivity index (χ1) is 12.2. The van der Waals surface area contributed by atoms with Gasteiger partial charge in [-0.3, -0.25) is 4.79 Å². The average molecular weight is 383 g/mol. The van der Waals surface area contributed by atoms with E-state index in [2.05, 4.69) is 30.7 Å². The van der Waals surface area contributed by atoms with Gasteiger partial charge in [-0.05, 0) is 37.0 Å². The van der Waals surface area contributed by atoms with E-state index in [1.807, 2.05) is 12.1 Å². The molecule has 1 aliphatic heterocycles. The zero-order valence-corrected chi connectivity index (χ0v) is 16.9. The van der Waals surface area contributed by atoms with Crippen LogP contribution < -0.4 is 9.46 Å². The second-order valence-corrected chi connectivity index (χ2v) is 9.22. The van der Waals surface area contributed by atoms with E-state index in [1.165, 1.54) is 12.5 Å². The Morgan fingerprint density at radius 2 is 1.96 bits per heavy atom. The first kappa shape index (κ1) is 20.7. The Hall–Kier alpha value is -1.60. The topological polar surface area (TPSA) is 75.7 Å². The lowest BCUT2D eigenvalue weighted by molar-refractivity contribution is -0.130. The minimum absolute atomic E-state index is 0.0216. The molecule has 1 amide bonds. The molecule has 0 saturated carbocycles. The van der Waals surface area contributed by atoms with E-state index in [9.17, 15) is 13.2 Å². The van der Waals surface area contributed by atoms with E-state index < -0.39 is 10.0 Å². The normalized spacial score (nSPS) is 21.0. The number of nitrogens with one attached hydrogen (secondary N) is 1. The van der Waals surface area contributed by atoms with Gasteiger partial charge in [0.05, 0.1) is 12.4 Å². The molecule has 2 atom stereocenters. The number of hydrogen-bond acceptors (Lipinski definition) is 4. The maximum absolute atomic E-state index is 12.0. The molecule has 1 aromatic rings. The van der Waals surface area contributed by atoms with Gasteiger partial charge in [0.25, 0.3) is 0 Å². The minimum Gasteiger partial charge on any atom is -0.493 e. The number of sulfonamides is 1. The molecule has 1 aromatic carbocycles. The Labute approximate surface area is 157 Å². The van der Waals surface area contributed by atoms with Gasteiger partial charge in [-0.25, -0.2) is 13.1 Å². The fraction of sp³-hybridized carbons (Fsp3) is 0.632. The number of amides is 1. The van der Waals surface area contributed by atoms with Gasteiger partial charge >= 0.3 is 0 Å². The second kappa shape index (κ2) is 8.86. The van der Waals surface area contributed by atoms with Crippen LogP contribution in [-0.4, -0.2) is 50.7 Å². The van der Waals surface area contributed by atoms with Crippen LogP contribution in [0.1, 0.15) is 45.6 Å². The second-order valence-electron chi connectivity index (χ2n) is 7.18. The summed E-state index contributed by atoms with van der Waals surface area (Å²) in [5, 5.41) is 0. The predicted molar refractivity (Wildman–Crippen MR) is 103 cm³/mol. The van der Waals surface area contributed by atoms with Crippen molar-refractivity contribution in [2.24, 2.45) is 5.92 Å². The van der Waals surface area contributed by atoms with Crippen molar-refractivity contribution in [3.05, 3.63) is 29.8 Å². The molecule has 0 bridgehead atoms. The van der Waals surface area contributed by atoms with Crippen molar-refractivity contribution in [3.8, 4) is 5.75 Å². The highest BCUT2D eigenvalue weighted by Gasteiger charge is 2.33. The number of benzene rings is 1. The third-order valence-electron chi connectivity index (χ3n) is 4.92. The lowest BCUT2D eigenvalue weighted by Crippen LogP contribution is -2.55. The van der Waals surface area contributed by atoms with Gasteiger partial charge < -0.3 is 9.64 Å². The Balaban J connectivity index is 2.03. The molecule has 1 N–H and O–H groups in total. The fourth-order valence-corrected chi connectivity index (χ4v) is 3.98. The van der Waals surface area contributed by atoms with E-state index in [0.29, 0.717) is 32.0 Å². The van der Waals surface area contributed by atoms with Crippen LogP contribution in [0.15, 0.2) is 24.3 Å². The lowest BCUT2D eigenvalue weighted by atomic mass is 9.93. The van der Waals surface area contributed by atoms with Crippen molar-refractivity contribution >= 4 is 15.9 Å². The van der Waals surface area contributed by atoms with Crippen LogP contribution >= 0.6 is 0 Å². The number of hydrogen-bond donors (Lipinski definition) is 1.